The third-order valence-electron chi connectivity index (χ3n) is 1.73. The summed E-state index contributed by atoms with van der Waals surface area (Å²) in [6.07, 6.45) is -4.33. The van der Waals surface area contributed by atoms with Crippen molar-refractivity contribution in [2.24, 2.45) is 5.73 Å². The summed E-state index contributed by atoms with van der Waals surface area (Å²) < 4.78 is 44.3. The fourth-order valence-corrected chi connectivity index (χ4v) is 0.989. The summed E-state index contributed by atoms with van der Waals surface area (Å²) in [7, 11) is 0. The molecular weight excluding hydrogens is 223 g/mol. The van der Waals surface area contributed by atoms with Crippen LogP contribution in [0.3, 0.4) is 0 Å². The molecule has 2 N–H and O–H groups in total. The Kier molecular flexibility index (Phi) is 4.57. The maximum Gasteiger partial charge on any atom is 0.411 e. The summed E-state index contributed by atoms with van der Waals surface area (Å²) in [5.74, 6) is 0.444. The highest BCUT2D eigenvalue weighted by Crippen LogP contribution is 2.15. The number of nitrogens with two attached hydrogens (primary N) is 1. The van der Waals surface area contributed by atoms with Gasteiger partial charge in [-0.1, -0.05) is 12.1 Å². The minimum Gasteiger partial charge on any atom is -0.468 e. The van der Waals surface area contributed by atoms with Crippen LogP contribution < -0.4 is 10.5 Å². The molecule has 0 saturated carbocycles. The van der Waals surface area contributed by atoms with E-state index in [-0.39, 0.29) is 0 Å². The van der Waals surface area contributed by atoms with Crippen LogP contribution in [0, 0.1) is 0 Å². The quantitative estimate of drug-likeness (QED) is 0.627. The van der Waals surface area contributed by atoms with Crippen LogP contribution in [0.2, 0.25) is 0 Å². The van der Waals surface area contributed by atoms with Crippen molar-refractivity contribution in [1.82, 2.24) is 0 Å². The first-order valence-electron chi connectivity index (χ1n) is 4.57. The van der Waals surface area contributed by atoms with Crippen molar-refractivity contribution in [1.29, 1.82) is 0 Å². The van der Waals surface area contributed by atoms with E-state index in [4.69, 9.17) is 10.5 Å². The van der Waals surface area contributed by atoms with Gasteiger partial charge in [0.25, 0.3) is 0 Å². The van der Waals surface area contributed by atoms with E-state index in [1.165, 1.54) is 0 Å². The normalized spacial score (nSPS) is 11.5. The lowest BCUT2D eigenvalue weighted by atomic mass is 10.2. The summed E-state index contributed by atoms with van der Waals surface area (Å²) >= 11 is 0. The first-order valence-corrected chi connectivity index (χ1v) is 4.57. The summed E-state index contributed by atoms with van der Waals surface area (Å²) in [4.78, 5) is 0. The Morgan fingerprint density at radius 1 is 1.12 bits per heavy atom. The molecule has 3 nitrogen and oxygen atoms in total. The van der Waals surface area contributed by atoms with Gasteiger partial charge in [-0.2, -0.15) is 13.2 Å². The van der Waals surface area contributed by atoms with Crippen LogP contribution in [0.5, 0.6) is 5.75 Å². The third-order valence-corrected chi connectivity index (χ3v) is 1.73. The van der Waals surface area contributed by atoms with Gasteiger partial charge in [0.05, 0.1) is 0 Å². The zero-order valence-corrected chi connectivity index (χ0v) is 8.46. The van der Waals surface area contributed by atoms with Crippen molar-refractivity contribution < 1.29 is 22.6 Å². The monoisotopic (exact) mass is 235 g/mol. The zero-order valence-electron chi connectivity index (χ0n) is 8.46. The van der Waals surface area contributed by atoms with Crippen LogP contribution in [0.15, 0.2) is 24.3 Å². The molecule has 0 radical (unpaired) electrons. The molecule has 0 heterocycles. The Balaban J connectivity index is 2.27. The molecule has 1 rings (SSSR count). The van der Waals surface area contributed by atoms with E-state index >= 15 is 0 Å². The number of ether oxygens (including phenoxy) is 2. The topological polar surface area (TPSA) is 44.5 Å². The maximum absolute atomic E-state index is 11.7. The molecule has 16 heavy (non-hydrogen) atoms. The van der Waals surface area contributed by atoms with Crippen LogP contribution in [0.1, 0.15) is 5.56 Å². The number of alkyl halides is 3. The van der Waals surface area contributed by atoms with E-state index < -0.39 is 19.6 Å². The molecule has 1 aromatic rings. The number of halogens is 3. The van der Waals surface area contributed by atoms with Gasteiger partial charge in [0.2, 0.25) is 0 Å². The molecule has 6 heteroatoms. The van der Waals surface area contributed by atoms with Crippen LogP contribution in [-0.2, 0) is 11.3 Å². The summed E-state index contributed by atoms with van der Waals surface area (Å²) in [5, 5.41) is 0. The van der Waals surface area contributed by atoms with Gasteiger partial charge in [-0.15, -0.1) is 0 Å². The van der Waals surface area contributed by atoms with Gasteiger partial charge >= 0.3 is 6.18 Å². The molecule has 0 fully saturated rings. The summed E-state index contributed by atoms with van der Waals surface area (Å²) in [6.45, 7) is -1.33. The van der Waals surface area contributed by atoms with Crippen LogP contribution in [0.4, 0.5) is 13.2 Å². The van der Waals surface area contributed by atoms with E-state index in [0.717, 1.165) is 5.56 Å². The molecule has 0 aromatic heterocycles. The first kappa shape index (κ1) is 12.8. The van der Waals surface area contributed by atoms with Gasteiger partial charge in [-0.3, -0.25) is 0 Å². The van der Waals surface area contributed by atoms with Gasteiger partial charge in [0, 0.05) is 6.54 Å². The lowest BCUT2D eigenvalue weighted by Crippen LogP contribution is -2.19. The Labute approximate surface area is 91.0 Å². The number of hydrogen-bond acceptors (Lipinski definition) is 3. The first-order chi connectivity index (χ1) is 7.51. The second-order valence-corrected chi connectivity index (χ2v) is 3.07. The molecule has 0 spiro atoms. The number of benzene rings is 1. The molecule has 0 atom stereocenters. The Morgan fingerprint density at radius 3 is 2.25 bits per heavy atom. The lowest BCUT2D eigenvalue weighted by molar-refractivity contribution is -0.186. The fourth-order valence-electron chi connectivity index (χ4n) is 0.989. The maximum atomic E-state index is 11.7. The summed E-state index contributed by atoms with van der Waals surface area (Å²) in [5.41, 5.74) is 6.30. The van der Waals surface area contributed by atoms with Gasteiger partial charge < -0.3 is 15.2 Å². The molecule has 0 bridgehead atoms. The van der Waals surface area contributed by atoms with E-state index in [2.05, 4.69) is 4.74 Å². The van der Waals surface area contributed by atoms with E-state index in [1.807, 2.05) is 0 Å². The Morgan fingerprint density at radius 2 is 1.75 bits per heavy atom. The van der Waals surface area contributed by atoms with Gasteiger partial charge in [-0.25, -0.2) is 0 Å². The minimum atomic E-state index is -4.33. The molecule has 0 aliphatic rings. The fraction of sp³-hybridized carbons (Fsp3) is 0.400. The average Bonchev–Trinajstić information content (AvgIpc) is 2.24. The van der Waals surface area contributed by atoms with Crippen LogP contribution >= 0.6 is 0 Å². The van der Waals surface area contributed by atoms with Crippen molar-refractivity contribution in [3.63, 3.8) is 0 Å². The van der Waals surface area contributed by atoms with E-state index in [0.29, 0.717) is 12.3 Å². The largest absolute Gasteiger partial charge is 0.468 e. The molecule has 0 aliphatic carbocycles. The molecule has 0 amide bonds. The van der Waals surface area contributed by atoms with Crippen molar-refractivity contribution in [2.45, 2.75) is 12.7 Å². The highest BCUT2D eigenvalue weighted by molar-refractivity contribution is 5.26. The van der Waals surface area contributed by atoms with Crippen molar-refractivity contribution in [2.75, 3.05) is 13.4 Å². The Bertz CT molecular complexity index is 311. The van der Waals surface area contributed by atoms with Gasteiger partial charge in [-0.05, 0) is 17.7 Å². The number of rotatable bonds is 5. The molecular formula is C10H12F3NO2. The standard InChI is InChI=1S/C10H12F3NO2/c11-10(12,13)6-15-7-16-9-3-1-8(5-14)2-4-9/h1-4H,5-7,14H2. The number of hydrogen-bond donors (Lipinski definition) is 1. The second-order valence-electron chi connectivity index (χ2n) is 3.07. The molecule has 0 saturated heterocycles. The molecule has 1 aromatic carbocycles. The predicted molar refractivity (Wildman–Crippen MR) is 51.8 cm³/mol. The van der Waals surface area contributed by atoms with E-state index in [1.54, 1.807) is 24.3 Å². The van der Waals surface area contributed by atoms with Gasteiger partial charge in [0.15, 0.2) is 6.79 Å². The average molecular weight is 235 g/mol. The Hall–Kier alpha value is -1.27. The molecule has 90 valence electrons. The lowest BCUT2D eigenvalue weighted by Gasteiger charge is -2.09. The summed E-state index contributed by atoms with van der Waals surface area (Å²) in [6, 6.07) is 6.72. The van der Waals surface area contributed by atoms with Crippen LogP contribution in [-0.4, -0.2) is 19.6 Å². The molecule has 0 unspecified atom stereocenters. The smallest absolute Gasteiger partial charge is 0.411 e. The van der Waals surface area contributed by atoms with Crippen LogP contribution in [0.25, 0.3) is 0 Å². The van der Waals surface area contributed by atoms with Crippen molar-refractivity contribution >= 4 is 0 Å². The minimum absolute atomic E-state index is 0.408. The van der Waals surface area contributed by atoms with E-state index in [9.17, 15) is 13.2 Å². The third kappa shape index (κ3) is 4.99. The highest BCUT2D eigenvalue weighted by atomic mass is 19.4. The zero-order chi connectivity index (χ0) is 12.0. The highest BCUT2D eigenvalue weighted by Gasteiger charge is 2.27. The van der Waals surface area contributed by atoms with Crippen molar-refractivity contribution in [3.05, 3.63) is 29.8 Å². The SMILES string of the molecule is NCc1ccc(OCOCC(F)(F)F)cc1. The molecule has 0 aliphatic heterocycles. The van der Waals surface area contributed by atoms with Crippen molar-refractivity contribution in [3.8, 4) is 5.75 Å². The predicted octanol–water partition coefficient (Wildman–Crippen LogP) is 2.06. The second kappa shape index (κ2) is 5.72. The van der Waals surface area contributed by atoms with Gasteiger partial charge in [0.1, 0.15) is 12.4 Å².